The van der Waals surface area contributed by atoms with Gasteiger partial charge in [-0.05, 0) is 78.5 Å². The normalized spacial score (nSPS) is 15.9. The molecule has 0 saturated carbocycles. The summed E-state index contributed by atoms with van der Waals surface area (Å²) in [6.45, 7) is 10.9. The summed E-state index contributed by atoms with van der Waals surface area (Å²) in [6, 6.07) is 8.29. The first-order chi connectivity index (χ1) is 12.5. The number of nitrogens with zero attached hydrogens (tertiary/aromatic N) is 2. The van der Waals surface area contributed by atoms with E-state index in [0.717, 1.165) is 24.0 Å². The summed E-state index contributed by atoms with van der Waals surface area (Å²) in [5, 5.41) is 4.07. The van der Waals surface area contributed by atoms with Gasteiger partial charge in [0.05, 0.1) is 6.26 Å². The molecule has 26 heavy (non-hydrogen) atoms. The van der Waals surface area contributed by atoms with Crippen molar-refractivity contribution in [1.82, 2.24) is 10.1 Å². The van der Waals surface area contributed by atoms with Crippen LogP contribution in [0.3, 0.4) is 0 Å². The van der Waals surface area contributed by atoms with Crippen LogP contribution in [0.4, 0.5) is 0 Å². The van der Waals surface area contributed by atoms with Gasteiger partial charge >= 0.3 is 0 Å². The van der Waals surface area contributed by atoms with E-state index in [1.165, 1.54) is 29.5 Å². The largest absolute Gasteiger partial charge is 0.461 e. The van der Waals surface area contributed by atoms with E-state index in [1.807, 2.05) is 13.0 Å². The summed E-state index contributed by atoms with van der Waals surface area (Å²) < 4.78 is 10.9. The average molecular weight is 348 g/mol. The Morgan fingerprint density at radius 3 is 2.65 bits per heavy atom. The van der Waals surface area contributed by atoms with Crippen LogP contribution >= 0.6 is 0 Å². The Labute approximate surface area is 153 Å². The molecule has 0 radical (unpaired) electrons. The topological polar surface area (TPSA) is 52.1 Å². The summed E-state index contributed by atoms with van der Waals surface area (Å²) in [5.41, 5.74) is 6.07. The fraction of sp³-hybridized carbons (Fsp3) is 0.364. The third-order valence-electron chi connectivity index (χ3n) is 5.88. The van der Waals surface area contributed by atoms with Gasteiger partial charge in [0.2, 0.25) is 5.82 Å². The zero-order valence-corrected chi connectivity index (χ0v) is 15.6. The minimum absolute atomic E-state index is 0.347. The van der Waals surface area contributed by atoms with Gasteiger partial charge in [0.1, 0.15) is 0 Å². The van der Waals surface area contributed by atoms with Gasteiger partial charge in [0.15, 0.2) is 5.76 Å². The third kappa shape index (κ3) is 2.70. The second-order valence-electron chi connectivity index (χ2n) is 7.39. The number of allylic oxidation sites excluding steroid dienone is 1. The number of furan rings is 1. The highest BCUT2D eigenvalue weighted by Gasteiger charge is 2.33. The van der Waals surface area contributed by atoms with Crippen LogP contribution in [0.25, 0.3) is 28.6 Å². The zero-order chi connectivity index (χ0) is 18.3. The third-order valence-corrected chi connectivity index (χ3v) is 5.88. The summed E-state index contributed by atoms with van der Waals surface area (Å²) in [5.74, 6) is 1.64. The second-order valence-corrected chi connectivity index (χ2v) is 7.39. The molecule has 1 aliphatic carbocycles. The van der Waals surface area contributed by atoms with E-state index in [2.05, 4.69) is 48.8 Å². The van der Waals surface area contributed by atoms with E-state index < -0.39 is 0 Å². The van der Waals surface area contributed by atoms with E-state index in [4.69, 9.17) is 8.94 Å². The van der Waals surface area contributed by atoms with Crippen LogP contribution in [0, 0.1) is 12.3 Å². The molecule has 1 aromatic carbocycles. The fourth-order valence-electron chi connectivity index (χ4n) is 3.99. The maximum atomic E-state index is 5.49. The number of rotatable bonds is 4. The maximum Gasteiger partial charge on any atom is 0.258 e. The van der Waals surface area contributed by atoms with E-state index in [0.29, 0.717) is 22.9 Å². The minimum atomic E-state index is 0.347. The molecule has 0 amide bonds. The Morgan fingerprint density at radius 1 is 1.15 bits per heavy atom. The fourth-order valence-corrected chi connectivity index (χ4v) is 3.99. The summed E-state index contributed by atoms with van der Waals surface area (Å²) in [4.78, 5) is 4.52. The van der Waals surface area contributed by atoms with Gasteiger partial charge in [-0.3, -0.25) is 0 Å². The van der Waals surface area contributed by atoms with Gasteiger partial charge in [-0.25, -0.2) is 0 Å². The molecule has 2 heterocycles. The Kier molecular flexibility index (Phi) is 4.06. The molecule has 2 aromatic heterocycles. The Morgan fingerprint density at radius 2 is 1.96 bits per heavy atom. The van der Waals surface area contributed by atoms with Crippen molar-refractivity contribution >= 4 is 5.57 Å². The van der Waals surface area contributed by atoms with Gasteiger partial charge < -0.3 is 8.94 Å². The van der Waals surface area contributed by atoms with Crippen LogP contribution < -0.4 is 0 Å². The SMILES string of the molecule is C=C1CC(CC)(CC)Cc2ccc(-c3nc(-c4occc4C)no3)cc21. The highest BCUT2D eigenvalue weighted by Crippen LogP contribution is 2.46. The molecule has 0 spiro atoms. The summed E-state index contributed by atoms with van der Waals surface area (Å²) in [6.07, 6.45) is 6.15. The molecule has 134 valence electrons. The van der Waals surface area contributed by atoms with Crippen LogP contribution in [0.1, 0.15) is 49.8 Å². The first-order valence-electron chi connectivity index (χ1n) is 9.25. The Hall–Kier alpha value is -2.62. The van der Waals surface area contributed by atoms with Crippen molar-refractivity contribution in [2.75, 3.05) is 0 Å². The highest BCUT2D eigenvalue weighted by atomic mass is 16.5. The smallest absolute Gasteiger partial charge is 0.258 e. The molecule has 0 unspecified atom stereocenters. The average Bonchev–Trinajstić information content (AvgIpc) is 3.30. The Bertz CT molecular complexity index is 960. The molecule has 4 nitrogen and oxygen atoms in total. The standard InChI is InChI=1S/C22H24N2O2/c1-5-22(6-2)12-15(4)18-11-16(7-8-17(18)13-22)21-23-20(24-26-21)19-14(3)9-10-25-19/h7-11H,4-6,12-13H2,1-3H3. The minimum Gasteiger partial charge on any atom is -0.461 e. The van der Waals surface area contributed by atoms with Crippen LogP contribution in [-0.4, -0.2) is 10.1 Å². The monoisotopic (exact) mass is 348 g/mol. The number of aromatic nitrogens is 2. The number of hydrogen-bond acceptors (Lipinski definition) is 4. The van der Waals surface area contributed by atoms with Gasteiger partial charge in [0.25, 0.3) is 5.89 Å². The number of aryl methyl sites for hydroxylation is 1. The van der Waals surface area contributed by atoms with Crippen LogP contribution in [0.15, 0.2) is 46.0 Å². The first-order valence-corrected chi connectivity index (χ1v) is 9.25. The highest BCUT2D eigenvalue weighted by molar-refractivity contribution is 5.73. The van der Waals surface area contributed by atoms with Gasteiger partial charge in [0, 0.05) is 5.56 Å². The molecular weight excluding hydrogens is 324 g/mol. The molecule has 4 rings (SSSR count). The van der Waals surface area contributed by atoms with Crippen LogP contribution in [0.5, 0.6) is 0 Å². The molecule has 1 aliphatic rings. The number of benzene rings is 1. The maximum absolute atomic E-state index is 5.49. The predicted octanol–water partition coefficient (Wildman–Crippen LogP) is 6.07. The molecule has 0 atom stereocenters. The molecule has 0 aliphatic heterocycles. The van der Waals surface area contributed by atoms with Crippen molar-refractivity contribution < 1.29 is 8.94 Å². The molecule has 4 heteroatoms. The molecule has 0 fully saturated rings. The second kappa shape index (κ2) is 6.27. The number of fused-ring (bicyclic) bond motifs is 1. The van der Waals surface area contributed by atoms with Crippen LogP contribution in [0.2, 0.25) is 0 Å². The van der Waals surface area contributed by atoms with Crippen molar-refractivity contribution in [3.05, 3.63) is 53.8 Å². The Balaban J connectivity index is 1.69. The van der Waals surface area contributed by atoms with Gasteiger partial charge in [-0.2, -0.15) is 4.98 Å². The van der Waals surface area contributed by atoms with Crippen molar-refractivity contribution in [1.29, 1.82) is 0 Å². The lowest BCUT2D eigenvalue weighted by molar-refractivity contribution is 0.261. The molecule has 3 aromatic rings. The molecule has 0 N–H and O–H groups in total. The van der Waals surface area contributed by atoms with E-state index in [1.54, 1.807) is 6.26 Å². The molecule has 0 saturated heterocycles. The van der Waals surface area contributed by atoms with Gasteiger partial charge in [-0.1, -0.05) is 31.6 Å². The lowest BCUT2D eigenvalue weighted by Crippen LogP contribution is -2.26. The van der Waals surface area contributed by atoms with Crippen molar-refractivity contribution in [3.8, 4) is 23.0 Å². The number of hydrogen-bond donors (Lipinski definition) is 0. The van der Waals surface area contributed by atoms with E-state index >= 15 is 0 Å². The van der Waals surface area contributed by atoms with E-state index in [9.17, 15) is 0 Å². The van der Waals surface area contributed by atoms with Crippen molar-refractivity contribution in [2.45, 2.75) is 46.5 Å². The van der Waals surface area contributed by atoms with Gasteiger partial charge in [-0.15, -0.1) is 0 Å². The zero-order valence-electron chi connectivity index (χ0n) is 15.6. The first kappa shape index (κ1) is 16.8. The lowest BCUT2D eigenvalue weighted by Gasteiger charge is -2.38. The predicted molar refractivity (Wildman–Crippen MR) is 103 cm³/mol. The summed E-state index contributed by atoms with van der Waals surface area (Å²) in [7, 11) is 0. The molecular formula is C22H24N2O2. The van der Waals surface area contributed by atoms with Crippen LogP contribution in [-0.2, 0) is 6.42 Å². The van der Waals surface area contributed by atoms with Crippen molar-refractivity contribution in [2.24, 2.45) is 5.41 Å². The van der Waals surface area contributed by atoms with E-state index in [-0.39, 0.29) is 0 Å². The van der Waals surface area contributed by atoms with Crippen molar-refractivity contribution in [3.63, 3.8) is 0 Å². The quantitative estimate of drug-likeness (QED) is 0.574. The molecule has 0 bridgehead atoms. The summed E-state index contributed by atoms with van der Waals surface area (Å²) >= 11 is 0. The lowest BCUT2D eigenvalue weighted by atomic mass is 9.67.